The van der Waals surface area contributed by atoms with Gasteiger partial charge >= 0.3 is 0 Å². The number of pyridine rings is 1. The van der Waals surface area contributed by atoms with E-state index in [1.165, 1.54) is 37.8 Å². The number of sulfonamides is 1. The van der Waals surface area contributed by atoms with Crippen molar-refractivity contribution in [3.8, 4) is 5.75 Å². The van der Waals surface area contributed by atoms with Crippen molar-refractivity contribution >= 4 is 33.1 Å². The molecule has 2 saturated heterocycles. The third kappa shape index (κ3) is 5.48. The van der Waals surface area contributed by atoms with Crippen LogP contribution in [0.15, 0.2) is 35.2 Å². The van der Waals surface area contributed by atoms with Gasteiger partial charge in [0.1, 0.15) is 5.69 Å². The van der Waals surface area contributed by atoms with Crippen LogP contribution in [0, 0.1) is 10.8 Å². The number of carbonyl (C=O) groups is 1. The molecule has 4 fully saturated rings. The second kappa shape index (κ2) is 10.5. The van der Waals surface area contributed by atoms with Crippen LogP contribution in [0.5, 0.6) is 5.75 Å². The van der Waals surface area contributed by atoms with Crippen LogP contribution >= 0.6 is 0 Å². The topological polar surface area (TPSA) is 124 Å². The van der Waals surface area contributed by atoms with Crippen LogP contribution in [-0.2, 0) is 10.0 Å². The molecule has 1 aromatic carbocycles. The molecule has 0 unspecified atom stereocenters. The molecule has 0 atom stereocenters. The molecule has 12 heteroatoms. The second-order valence-electron chi connectivity index (χ2n) is 11.7. The summed E-state index contributed by atoms with van der Waals surface area (Å²) in [4.78, 5) is 22.3. The number of anilines is 3. The zero-order valence-electron chi connectivity index (χ0n) is 22.5. The number of carbonyl (C=O) groups excluding carboxylic acids is 1. The van der Waals surface area contributed by atoms with Crippen LogP contribution in [-0.4, -0.2) is 70.6 Å². The summed E-state index contributed by atoms with van der Waals surface area (Å²) in [5, 5.41) is 12.0. The second-order valence-corrected chi connectivity index (χ2v) is 13.5. The highest BCUT2D eigenvalue weighted by atomic mass is 32.2. The lowest BCUT2D eigenvalue weighted by molar-refractivity contribution is 0.102. The monoisotopic (exact) mass is 573 g/mol. The Morgan fingerprint density at radius 1 is 1.00 bits per heavy atom. The number of piperidine rings is 1. The van der Waals surface area contributed by atoms with E-state index >= 15 is 0 Å². The normalized spacial score (nSPS) is 20.6. The minimum absolute atomic E-state index is 0.0665. The number of hydrogen-bond donors (Lipinski definition) is 3. The summed E-state index contributed by atoms with van der Waals surface area (Å²) in [6.07, 6.45) is 7.91. The largest absolute Gasteiger partial charge is 0.459 e. The number of alkyl halides is 1. The van der Waals surface area contributed by atoms with Gasteiger partial charge in [-0.15, -0.1) is 0 Å². The minimum Gasteiger partial charge on any atom is -0.459 e. The van der Waals surface area contributed by atoms with Gasteiger partial charge < -0.3 is 25.0 Å². The molecule has 10 nitrogen and oxygen atoms in total. The summed E-state index contributed by atoms with van der Waals surface area (Å²) in [6, 6.07) is 7.72. The molecular formula is C28H36FN5O5S. The van der Waals surface area contributed by atoms with E-state index in [4.69, 9.17) is 9.84 Å². The molecule has 2 aliphatic heterocycles. The molecule has 216 valence electrons. The van der Waals surface area contributed by atoms with Crippen LogP contribution in [0.1, 0.15) is 55.4 Å². The van der Waals surface area contributed by atoms with Crippen molar-refractivity contribution in [2.45, 2.75) is 49.8 Å². The van der Waals surface area contributed by atoms with E-state index in [1.807, 2.05) is 0 Å². The molecular weight excluding hydrogens is 537 g/mol. The zero-order valence-corrected chi connectivity index (χ0v) is 23.3. The molecule has 3 heterocycles. The highest BCUT2D eigenvalue weighted by Crippen LogP contribution is 2.55. The van der Waals surface area contributed by atoms with Crippen molar-refractivity contribution < 1.29 is 27.4 Å². The maximum absolute atomic E-state index is 13.5. The van der Waals surface area contributed by atoms with Crippen molar-refractivity contribution in [2.24, 2.45) is 10.8 Å². The zero-order chi connectivity index (χ0) is 28.0. The van der Waals surface area contributed by atoms with Gasteiger partial charge in [-0.05, 0) is 86.1 Å². The Morgan fingerprint density at radius 3 is 2.35 bits per heavy atom. The van der Waals surface area contributed by atoms with Crippen LogP contribution in [0.3, 0.4) is 0 Å². The highest BCUT2D eigenvalue weighted by Gasteiger charge is 2.48. The summed E-state index contributed by atoms with van der Waals surface area (Å²) < 4.78 is 46.3. The fraction of sp³-hybridized carbons (Fsp3) is 0.571. The average molecular weight is 574 g/mol. The molecule has 3 N–H and O–H groups in total. The van der Waals surface area contributed by atoms with Gasteiger partial charge in [-0.2, -0.15) is 0 Å². The van der Waals surface area contributed by atoms with Crippen molar-refractivity contribution in [1.29, 1.82) is 0 Å². The van der Waals surface area contributed by atoms with E-state index in [2.05, 4.69) is 24.8 Å². The molecule has 2 spiro atoms. The third-order valence-electron chi connectivity index (χ3n) is 9.03. The van der Waals surface area contributed by atoms with Crippen LogP contribution in [0.25, 0.3) is 0 Å². The fourth-order valence-electron chi connectivity index (χ4n) is 6.06. The standard InChI is InChI=1S/C28H36FN5O5S/c29-19-39-24-4-3-22(31-25(24)34-15-11-28(18-34)7-8-28)26(36)32-21-2-1-20(40(37,38)30-12-16-35)17-23(21)33-13-9-27(5-6-27)10-14-33/h1-4,17,30,35H,5-16,18-19H2,(H,32,36). The SMILES string of the molecule is O=C(Nc1ccc(S(=O)(=O)NCCO)cc1N1CCC2(CC1)CC2)c1ccc(OCF)c(N2CCC3(CC3)C2)n1. The summed E-state index contributed by atoms with van der Waals surface area (Å²) in [5.74, 6) is 0.334. The summed E-state index contributed by atoms with van der Waals surface area (Å²) in [7, 11) is -3.83. The highest BCUT2D eigenvalue weighted by molar-refractivity contribution is 7.89. The molecule has 2 aliphatic carbocycles. The van der Waals surface area contributed by atoms with E-state index in [0.29, 0.717) is 33.8 Å². The predicted octanol–water partition coefficient (Wildman–Crippen LogP) is 3.28. The summed E-state index contributed by atoms with van der Waals surface area (Å²) in [5.41, 5.74) is 2.02. The first kappa shape index (κ1) is 27.2. The number of amides is 1. The van der Waals surface area contributed by atoms with E-state index in [9.17, 15) is 17.6 Å². The lowest BCUT2D eigenvalue weighted by Crippen LogP contribution is -2.35. The number of rotatable bonds is 10. The number of aliphatic hydroxyl groups excluding tert-OH is 1. The summed E-state index contributed by atoms with van der Waals surface area (Å²) >= 11 is 0. The van der Waals surface area contributed by atoms with Gasteiger partial charge in [-0.1, -0.05) is 0 Å². The van der Waals surface area contributed by atoms with Gasteiger partial charge in [0.25, 0.3) is 5.91 Å². The van der Waals surface area contributed by atoms with Crippen molar-refractivity contribution in [1.82, 2.24) is 9.71 Å². The van der Waals surface area contributed by atoms with Crippen molar-refractivity contribution in [2.75, 3.05) is 61.3 Å². The van der Waals surface area contributed by atoms with Gasteiger partial charge in [0.2, 0.25) is 16.9 Å². The smallest absolute Gasteiger partial charge is 0.274 e. The van der Waals surface area contributed by atoms with Crippen molar-refractivity contribution in [3.63, 3.8) is 0 Å². The lowest BCUT2D eigenvalue weighted by Gasteiger charge is -2.35. The molecule has 1 aromatic heterocycles. The number of nitrogens with zero attached hydrogens (tertiary/aromatic N) is 3. The van der Waals surface area contributed by atoms with Gasteiger partial charge in [0.15, 0.2) is 11.6 Å². The molecule has 2 saturated carbocycles. The Balaban J connectivity index is 1.27. The van der Waals surface area contributed by atoms with Gasteiger partial charge in [0, 0.05) is 32.7 Å². The fourth-order valence-corrected chi connectivity index (χ4v) is 7.10. The summed E-state index contributed by atoms with van der Waals surface area (Å²) in [6.45, 7) is 1.75. The number of aliphatic hydroxyl groups is 1. The van der Waals surface area contributed by atoms with E-state index < -0.39 is 22.8 Å². The number of nitrogens with one attached hydrogen (secondary N) is 2. The first-order chi connectivity index (χ1) is 19.3. The van der Waals surface area contributed by atoms with Gasteiger partial charge in [-0.3, -0.25) is 4.79 Å². The lowest BCUT2D eigenvalue weighted by atomic mass is 9.93. The Morgan fingerprint density at radius 2 is 1.70 bits per heavy atom. The van der Waals surface area contributed by atoms with Crippen molar-refractivity contribution in [3.05, 3.63) is 36.0 Å². The molecule has 0 bridgehead atoms. The van der Waals surface area contributed by atoms with Gasteiger partial charge in [0.05, 0.1) is 22.9 Å². The predicted molar refractivity (Wildman–Crippen MR) is 149 cm³/mol. The van der Waals surface area contributed by atoms with Crippen LogP contribution in [0.4, 0.5) is 21.6 Å². The molecule has 4 aliphatic rings. The number of hydrogen-bond acceptors (Lipinski definition) is 8. The first-order valence-corrected chi connectivity index (χ1v) is 15.5. The Bertz CT molecular complexity index is 1390. The molecule has 40 heavy (non-hydrogen) atoms. The minimum atomic E-state index is -3.83. The number of aromatic nitrogens is 1. The molecule has 1 amide bonds. The van der Waals surface area contributed by atoms with Crippen LogP contribution < -0.4 is 24.6 Å². The quantitative estimate of drug-likeness (QED) is 0.396. The maximum atomic E-state index is 13.5. The van der Waals surface area contributed by atoms with E-state index in [1.54, 1.807) is 18.2 Å². The van der Waals surface area contributed by atoms with Gasteiger partial charge in [-0.25, -0.2) is 22.5 Å². The Labute approximate surface area is 234 Å². The van der Waals surface area contributed by atoms with Crippen LogP contribution in [0.2, 0.25) is 0 Å². The number of benzene rings is 1. The molecule has 6 rings (SSSR count). The Kier molecular flexibility index (Phi) is 7.12. The van der Waals surface area contributed by atoms with E-state index in [0.717, 1.165) is 45.4 Å². The Hall–Kier alpha value is -2.96. The first-order valence-electron chi connectivity index (χ1n) is 14.0. The molecule has 0 radical (unpaired) electrons. The molecule has 2 aromatic rings. The number of ether oxygens (including phenoxy) is 1. The average Bonchev–Trinajstić information content (AvgIpc) is 3.85. The maximum Gasteiger partial charge on any atom is 0.274 e. The number of halogens is 1. The third-order valence-corrected chi connectivity index (χ3v) is 10.5. The van der Waals surface area contributed by atoms with E-state index in [-0.39, 0.29) is 23.7 Å².